The van der Waals surface area contributed by atoms with E-state index in [1.54, 1.807) is 6.07 Å². The fraction of sp³-hybridized carbons (Fsp3) is 0.0526. The van der Waals surface area contributed by atoms with Gasteiger partial charge in [-0.1, -0.05) is 12.1 Å². The quantitative estimate of drug-likeness (QED) is 0.410. The molecule has 2 aromatic rings. The molecule has 0 spiro atoms. The van der Waals surface area contributed by atoms with Crippen LogP contribution in [0.1, 0.15) is 11.1 Å². The van der Waals surface area contributed by atoms with E-state index in [-0.39, 0.29) is 29.8 Å². The number of aliphatic carboxylic acids is 2. The SMILES string of the molecule is O=C(O)/C=C/c1ccc(OCOc2cc(/C=C/C(=O)O)ccc2O)c(O)c1. The zero-order valence-corrected chi connectivity index (χ0v) is 13.9. The number of aromatic hydroxyl groups is 2. The van der Waals surface area contributed by atoms with Crippen LogP contribution in [0.5, 0.6) is 23.0 Å². The lowest BCUT2D eigenvalue weighted by molar-refractivity contribution is -0.132. The summed E-state index contributed by atoms with van der Waals surface area (Å²) in [6.45, 7) is -0.336. The molecule has 140 valence electrons. The van der Waals surface area contributed by atoms with Crippen molar-refractivity contribution >= 4 is 24.1 Å². The maximum Gasteiger partial charge on any atom is 0.328 e. The summed E-state index contributed by atoms with van der Waals surface area (Å²) in [6.07, 6.45) is 4.54. The van der Waals surface area contributed by atoms with Gasteiger partial charge >= 0.3 is 11.9 Å². The summed E-state index contributed by atoms with van der Waals surface area (Å²) in [5.74, 6) is -2.42. The van der Waals surface area contributed by atoms with E-state index in [1.165, 1.54) is 42.5 Å². The van der Waals surface area contributed by atoms with E-state index in [1.807, 2.05) is 0 Å². The largest absolute Gasteiger partial charge is 0.504 e. The van der Waals surface area contributed by atoms with Crippen molar-refractivity contribution in [3.63, 3.8) is 0 Å². The molecule has 0 saturated carbocycles. The van der Waals surface area contributed by atoms with Crippen LogP contribution in [0, 0.1) is 0 Å². The summed E-state index contributed by atoms with van der Waals surface area (Å²) in [4.78, 5) is 21.0. The first-order valence-corrected chi connectivity index (χ1v) is 7.59. The number of hydrogen-bond acceptors (Lipinski definition) is 6. The molecule has 0 heterocycles. The summed E-state index contributed by atoms with van der Waals surface area (Å²) < 4.78 is 10.6. The lowest BCUT2D eigenvalue weighted by Crippen LogP contribution is -2.06. The monoisotopic (exact) mass is 372 g/mol. The van der Waals surface area contributed by atoms with Crippen LogP contribution in [0.15, 0.2) is 48.6 Å². The normalized spacial score (nSPS) is 11.0. The van der Waals surface area contributed by atoms with Gasteiger partial charge in [0.1, 0.15) is 0 Å². The number of benzene rings is 2. The maximum absolute atomic E-state index is 10.5. The minimum Gasteiger partial charge on any atom is -0.504 e. The predicted octanol–water partition coefficient (Wildman–Crippen LogP) is 2.71. The van der Waals surface area contributed by atoms with Gasteiger partial charge in [-0.05, 0) is 47.5 Å². The molecule has 0 aliphatic carbocycles. The number of rotatable bonds is 8. The zero-order valence-electron chi connectivity index (χ0n) is 13.9. The van der Waals surface area contributed by atoms with Gasteiger partial charge in [0.2, 0.25) is 6.79 Å². The molecule has 2 aromatic carbocycles. The first-order valence-electron chi connectivity index (χ1n) is 7.59. The number of carboxylic acids is 2. The van der Waals surface area contributed by atoms with E-state index in [4.69, 9.17) is 19.7 Å². The topological polar surface area (TPSA) is 134 Å². The Balaban J connectivity index is 2.01. The predicted molar refractivity (Wildman–Crippen MR) is 95.7 cm³/mol. The summed E-state index contributed by atoms with van der Waals surface area (Å²) in [5, 5.41) is 36.9. The van der Waals surface area contributed by atoms with Gasteiger partial charge in [-0.3, -0.25) is 0 Å². The Morgan fingerprint density at radius 1 is 0.778 bits per heavy atom. The lowest BCUT2D eigenvalue weighted by atomic mass is 10.2. The third-order valence-corrected chi connectivity index (χ3v) is 3.23. The van der Waals surface area contributed by atoms with Crippen molar-refractivity contribution in [1.29, 1.82) is 0 Å². The second kappa shape index (κ2) is 8.95. The molecule has 4 N–H and O–H groups in total. The van der Waals surface area contributed by atoms with E-state index in [0.29, 0.717) is 11.1 Å². The van der Waals surface area contributed by atoms with Gasteiger partial charge in [0.25, 0.3) is 0 Å². The van der Waals surface area contributed by atoms with E-state index < -0.39 is 11.9 Å². The number of phenols is 2. The van der Waals surface area contributed by atoms with E-state index in [2.05, 4.69) is 0 Å². The van der Waals surface area contributed by atoms with Crippen LogP contribution in [-0.2, 0) is 9.59 Å². The summed E-state index contributed by atoms with van der Waals surface area (Å²) in [7, 11) is 0. The summed E-state index contributed by atoms with van der Waals surface area (Å²) in [5.41, 5.74) is 0.973. The van der Waals surface area contributed by atoms with Crippen LogP contribution >= 0.6 is 0 Å². The van der Waals surface area contributed by atoms with Crippen molar-refractivity contribution in [2.75, 3.05) is 6.79 Å². The minimum absolute atomic E-state index is 0.0723. The van der Waals surface area contributed by atoms with Gasteiger partial charge in [0.15, 0.2) is 23.0 Å². The number of carbonyl (C=O) groups is 2. The summed E-state index contributed by atoms with van der Waals surface area (Å²) >= 11 is 0. The molecule has 27 heavy (non-hydrogen) atoms. The molecule has 0 aliphatic heterocycles. The fourth-order valence-electron chi connectivity index (χ4n) is 2.00. The highest BCUT2D eigenvalue weighted by Gasteiger charge is 2.06. The molecule has 8 nitrogen and oxygen atoms in total. The standard InChI is InChI=1S/C19H16O8/c20-14-5-1-13(4-8-19(24)25)10-17(14)27-11-26-16-6-2-12(9-15(16)21)3-7-18(22)23/h1-10,20-21H,11H2,(H,22,23)(H,24,25)/b7-3+,8-4+. The zero-order chi connectivity index (χ0) is 19.8. The molecule has 0 atom stereocenters. The highest BCUT2D eigenvalue weighted by molar-refractivity contribution is 5.85. The molecule has 2 rings (SSSR count). The number of phenolic OH excluding ortho intramolecular Hbond substituents is 2. The Kier molecular flexibility index (Phi) is 6.43. The molecular formula is C19H16O8. The Morgan fingerprint density at radius 2 is 1.33 bits per heavy atom. The number of carboxylic acid groups (broad SMARTS) is 2. The highest BCUT2D eigenvalue weighted by Crippen LogP contribution is 2.30. The minimum atomic E-state index is -1.11. The van der Waals surface area contributed by atoms with Gasteiger partial charge in [0.05, 0.1) is 0 Å². The van der Waals surface area contributed by atoms with Crippen molar-refractivity contribution in [1.82, 2.24) is 0 Å². The third-order valence-electron chi connectivity index (χ3n) is 3.23. The molecule has 8 heteroatoms. The highest BCUT2D eigenvalue weighted by atomic mass is 16.7. The van der Waals surface area contributed by atoms with E-state index in [9.17, 15) is 19.8 Å². The van der Waals surface area contributed by atoms with E-state index in [0.717, 1.165) is 12.2 Å². The molecule has 0 radical (unpaired) electrons. The maximum atomic E-state index is 10.5. The van der Waals surface area contributed by atoms with Gasteiger partial charge < -0.3 is 29.9 Å². The Labute approximate surface area is 153 Å². The second-order valence-corrected chi connectivity index (χ2v) is 5.20. The van der Waals surface area contributed by atoms with Crippen molar-refractivity contribution in [2.24, 2.45) is 0 Å². The second-order valence-electron chi connectivity index (χ2n) is 5.20. The molecule has 0 fully saturated rings. The summed E-state index contributed by atoms with van der Waals surface area (Å²) in [6, 6.07) is 8.59. The van der Waals surface area contributed by atoms with Crippen LogP contribution in [0.25, 0.3) is 12.2 Å². The average Bonchev–Trinajstić information content (AvgIpc) is 2.61. The van der Waals surface area contributed by atoms with Crippen LogP contribution in [0.3, 0.4) is 0 Å². The van der Waals surface area contributed by atoms with Gasteiger partial charge in [0, 0.05) is 12.2 Å². The van der Waals surface area contributed by atoms with E-state index >= 15 is 0 Å². The molecule has 0 aliphatic rings. The van der Waals surface area contributed by atoms with Crippen molar-refractivity contribution in [2.45, 2.75) is 0 Å². The van der Waals surface area contributed by atoms with Crippen molar-refractivity contribution in [3.05, 3.63) is 59.7 Å². The molecule has 0 amide bonds. The van der Waals surface area contributed by atoms with Gasteiger partial charge in [-0.15, -0.1) is 0 Å². The van der Waals surface area contributed by atoms with Crippen LogP contribution < -0.4 is 9.47 Å². The van der Waals surface area contributed by atoms with Gasteiger partial charge in [-0.2, -0.15) is 0 Å². The van der Waals surface area contributed by atoms with Crippen molar-refractivity contribution < 1.29 is 39.5 Å². The third kappa shape index (κ3) is 6.13. The Bertz CT molecular complexity index is 899. The van der Waals surface area contributed by atoms with Crippen LogP contribution in [0.2, 0.25) is 0 Å². The molecular weight excluding hydrogens is 356 g/mol. The molecule has 0 unspecified atom stereocenters. The first-order chi connectivity index (χ1) is 12.8. The van der Waals surface area contributed by atoms with Crippen molar-refractivity contribution in [3.8, 4) is 23.0 Å². The molecule has 0 aromatic heterocycles. The Hall–Kier alpha value is -3.94. The fourth-order valence-corrected chi connectivity index (χ4v) is 2.00. The smallest absolute Gasteiger partial charge is 0.328 e. The molecule has 0 bridgehead atoms. The van der Waals surface area contributed by atoms with Crippen LogP contribution in [-0.4, -0.2) is 39.2 Å². The lowest BCUT2D eigenvalue weighted by Gasteiger charge is -2.11. The average molecular weight is 372 g/mol. The van der Waals surface area contributed by atoms with Crippen LogP contribution in [0.4, 0.5) is 0 Å². The first kappa shape index (κ1) is 19.4. The number of hydrogen-bond donors (Lipinski definition) is 4. The molecule has 0 saturated heterocycles. The Morgan fingerprint density at radius 3 is 1.93 bits per heavy atom. The number of ether oxygens (including phenoxy) is 2. The van der Waals surface area contributed by atoms with Gasteiger partial charge in [-0.25, -0.2) is 9.59 Å².